The van der Waals surface area contributed by atoms with Crippen molar-refractivity contribution in [2.24, 2.45) is 28.1 Å². The minimum Gasteiger partial charge on any atom is -0.370 e. The summed E-state index contributed by atoms with van der Waals surface area (Å²) < 4.78 is 0. The van der Waals surface area contributed by atoms with E-state index in [9.17, 15) is 28.8 Å². The van der Waals surface area contributed by atoms with Gasteiger partial charge in [0.25, 0.3) is 5.91 Å². The summed E-state index contributed by atoms with van der Waals surface area (Å²) in [6.07, 6.45) is 6.87. The first kappa shape index (κ1) is 44.2. The van der Waals surface area contributed by atoms with Crippen LogP contribution in [-0.2, 0) is 24.0 Å². The van der Waals surface area contributed by atoms with Gasteiger partial charge in [-0.15, -0.1) is 0 Å². The molecule has 17 heteroatoms. The van der Waals surface area contributed by atoms with Crippen molar-refractivity contribution in [3.8, 4) is 0 Å². The lowest BCUT2D eigenvalue weighted by Crippen LogP contribution is -2.54. The highest BCUT2D eigenvalue weighted by Crippen LogP contribution is 2.38. The minimum absolute atomic E-state index is 0.0709. The van der Waals surface area contributed by atoms with E-state index >= 15 is 0 Å². The lowest BCUT2D eigenvalue weighted by Gasteiger charge is -2.33. The lowest BCUT2D eigenvalue weighted by atomic mass is 9.91. The van der Waals surface area contributed by atoms with Gasteiger partial charge in [0.2, 0.25) is 29.5 Å². The standard InChI is InChI=1S/C40H59N11O6/c1-27(52)47-32(15-10-22-45-40(42)43)39(57)49-31(14-6-8-20-41)38(56)46-25-35(53)44-21-9-7-11-28-18-23-50(24-19-28)26-36(54)51-33-16-4-2-12-29(33)37(55)48-30-13-3-5-17-34(30)51/h2-5,12-13,16-17,28,31-32H,6-11,14-15,18-26,41H2,1H3,(H,44,53)(H,46,56)(H,47,52)(H,48,55)(H,49,57)(H4,42,43,45)/t31-,32-/m0/s1. The second-order valence-corrected chi connectivity index (χ2v) is 14.5. The van der Waals surface area contributed by atoms with Crippen molar-refractivity contribution in [3.63, 3.8) is 0 Å². The predicted molar refractivity (Wildman–Crippen MR) is 219 cm³/mol. The molecule has 0 radical (unpaired) electrons. The fourth-order valence-electron chi connectivity index (χ4n) is 7.11. The predicted octanol–water partition coefficient (Wildman–Crippen LogP) is 1.20. The van der Waals surface area contributed by atoms with Gasteiger partial charge in [-0.05, 0) is 101 Å². The highest BCUT2D eigenvalue weighted by Gasteiger charge is 2.31. The van der Waals surface area contributed by atoms with Crippen molar-refractivity contribution in [2.75, 3.05) is 56.0 Å². The molecule has 0 bridgehead atoms. The van der Waals surface area contributed by atoms with Gasteiger partial charge in [-0.1, -0.05) is 37.1 Å². The van der Waals surface area contributed by atoms with E-state index in [1.165, 1.54) is 6.92 Å². The number of anilines is 3. The first-order chi connectivity index (χ1) is 27.5. The summed E-state index contributed by atoms with van der Waals surface area (Å²) in [4.78, 5) is 85.0. The number of nitrogens with zero attached hydrogens (tertiary/aromatic N) is 3. The van der Waals surface area contributed by atoms with E-state index in [-0.39, 0.29) is 49.7 Å². The fraction of sp³-hybridized carbons (Fsp3) is 0.525. The van der Waals surface area contributed by atoms with Crippen molar-refractivity contribution in [1.29, 1.82) is 0 Å². The molecule has 2 aliphatic rings. The summed E-state index contributed by atoms with van der Waals surface area (Å²) in [7, 11) is 0. The van der Waals surface area contributed by atoms with Gasteiger partial charge < -0.3 is 43.8 Å². The Morgan fingerprint density at radius 2 is 1.53 bits per heavy atom. The van der Waals surface area contributed by atoms with E-state index < -0.39 is 29.8 Å². The Kier molecular flexibility index (Phi) is 17.7. The molecule has 57 heavy (non-hydrogen) atoms. The van der Waals surface area contributed by atoms with Gasteiger partial charge in [0, 0.05) is 20.0 Å². The third kappa shape index (κ3) is 14.2. The molecule has 310 valence electrons. The Hall–Kier alpha value is -5.55. The maximum absolute atomic E-state index is 13.8. The fourth-order valence-corrected chi connectivity index (χ4v) is 7.11. The third-order valence-electron chi connectivity index (χ3n) is 10.1. The number of fused-ring (bicyclic) bond motifs is 2. The molecular formula is C40H59N11O6. The summed E-state index contributed by atoms with van der Waals surface area (Å²) in [5.74, 6) is -1.64. The average molecular weight is 790 g/mol. The van der Waals surface area contributed by atoms with Crippen LogP contribution in [0.3, 0.4) is 0 Å². The van der Waals surface area contributed by atoms with Crippen LogP contribution in [0, 0.1) is 5.92 Å². The second-order valence-electron chi connectivity index (χ2n) is 14.5. The maximum Gasteiger partial charge on any atom is 0.257 e. The molecule has 1 fully saturated rings. The van der Waals surface area contributed by atoms with Gasteiger partial charge in [-0.2, -0.15) is 0 Å². The summed E-state index contributed by atoms with van der Waals surface area (Å²) in [5, 5.41) is 13.7. The zero-order valence-corrected chi connectivity index (χ0v) is 32.9. The van der Waals surface area contributed by atoms with Crippen LogP contribution in [0.25, 0.3) is 0 Å². The molecule has 0 unspecified atom stereocenters. The molecule has 2 heterocycles. The Bertz CT molecular complexity index is 1720. The quantitative estimate of drug-likeness (QED) is 0.0509. The van der Waals surface area contributed by atoms with E-state index in [2.05, 4.69) is 36.5 Å². The highest BCUT2D eigenvalue weighted by atomic mass is 16.2. The monoisotopic (exact) mass is 789 g/mol. The number of aliphatic imine (C=N–C) groups is 1. The zero-order valence-electron chi connectivity index (χ0n) is 32.9. The topological polar surface area (TPSA) is 259 Å². The van der Waals surface area contributed by atoms with E-state index in [4.69, 9.17) is 17.2 Å². The number of carbonyl (C=O) groups excluding carboxylic acids is 6. The first-order valence-corrected chi connectivity index (χ1v) is 19.9. The number of amides is 6. The van der Waals surface area contributed by atoms with Crippen molar-refractivity contribution >= 4 is 58.5 Å². The first-order valence-electron chi connectivity index (χ1n) is 19.9. The largest absolute Gasteiger partial charge is 0.370 e. The number of rotatable bonds is 21. The Balaban J connectivity index is 1.15. The summed E-state index contributed by atoms with van der Waals surface area (Å²) in [6, 6.07) is 12.7. The number of nitrogens with one attached hydrogen (secondary N) is 5. The molecule has 0 spiro atoms. The molecule has 1 saturated heterocycles. The molecule has 11 N–H and O–H groups in total. The molecule has 2 atom stereocenters. The van der Waals surface area contributed by atoms with Gasteiger partial charge in [0.05, 0.1) is 35.7 Å². The van der Waals surface area contributed by atoms with E-state index in [1.807, 2.05) is 24.3 Å². The van der Waals surface area contributed by atoms with Crippen LogP contribution in [-0.4, -0.2) is 104 Å². The highest BCUT2D eigenvalue weighted by molar-refractivity contribution is 6.18. The molecule has 2 aromatic rings. The SMILES string of the molecule is CC(=O)N[C@@H](CCCN=C(N)N)C(=O)N[C@@H](CCCCN)C(=O)NCC(=O)NCCCCC1CCN(CC(=O)N2c3ccccc3NC(=O)c3ccccc32)CC1. The number of nitrogens with two attached hydrogens (primary N) is 3. The Morgan fingerprint density at radius 3 is 2.25 bits per heavy atom. The van der Waals surface area contributed by atoms with Crippen molar-refractivity contribution in [3.05, 3.63) is 54.1 Å². The molecular weight excluding hydrogens is 731 g/mol. The molecule has 0 aliphatic carbocycles. The normalized spacial score (nSPS) is 15.1. The Labute approximate surface area is 334 Å². The molecule has 2 aliphatic heterocycles. The number of likely N-dealkylation sites (tertiary alicyclic amines) is 1. The summed E-state index contributed by atoms with van der Waals surface area (Å²) in [6.45, 7) is 4.06. The van der Waals surface area contributed by atoms with Crippen LogP contribution < -0.4 is 48.7 Å². The van der Waals surface area contributed by atoms with Crippen molar-refractivity contribution < 1.29 is 28.8 Å². The number of unbranched alkanes of at least 4 members (excludes halogenated alkanes) is 2. The summed E-state index contributed by atoms with van der Waals surface area (Å²) >= 11 is 0. The van der Waals surface area contributed by atoms with E-state index in [0.717, 1.165) is 45.2 Å². The summed E-state index contributed by atoms with van der Waals surface area (Å²) in [5.41, 5.74) is 18.6. The van der Waals surface area contributed by atoms with Crippen LogP contribution in [0.5, 0.6) is 0 Å². The van der Waals surface area contributed by atoms with Gasteiger partial charge in [0.15, 0.2) is 5.96 Å². The number of guanidine groups is 1. The van der Waals surface area contributed by atoms with E-state index in [1.54, 1.807) is 29.2 Å². The molecule has 4 rings (SSSR count). The average Bonchev–Trinajstić information content (AvgIpc) is 3.31. The smallest absolute Gasteiger partial charge is 0.257 e. The van der Waals surface area contributed by atoms with Crippen LogP contribution in [0.1, 0.15) is 81.5 Å². The van der Waals surface area contributed by atoms with Crippen molar-refractivity contribution in [1.82, 2.24) is 26.2 Å². The lowest BCUT2D eigenvalue weighted by molar-refractivity contribution is -0.132. The van der Waals surface area contributed by atoms with Gasteiger partial charge in [-0.3, -0.25) is 43.6 Å². The molecule has 17 nitrogen and oxygen atoms in total. The number of para-hydroxylation sites is 3. The van der Waals surface area contributed by atoms with E-state index in [0.29, 0.717) is 67.3 Å². The van der Waals surface area contributed by atoms with Crippen LogP contribution in [0.4, 0.5) is 17.1 Å². The van der Waals surface area contributed by atoms with Crippen LogP contribution in [0.15, 0.2) is 53.5 Å². The maximum atomic E-state index is 13.8. The van der Waals surface area contributed by atoms with Crippen LogP contribution >= 0.6 is 0 Å². The number of hydrogen-bond acceptors (Lipinski definition) is 9. The van der Waals surface area contributed by atoms with Crippen LogP contribution in [0.2, 0.25) is 0 Å². The Morgan fingerprint density at radius 1 is 0.842 bits per heavy atom. The van der Waals surface area contributed by atoms with Gasteiger partial charge >= 0.3 is 0 Å². The van der Waals surface area contributed by atoms with Gasteiger partial charge in [0.1, 0.15) is 12.1 Å². The number of benzene rings is 2. The second kappa shape index (κ2) is 22.9. The number of piperidine rings is 1. The molecule has 2 aromatic carbocycles. The number of hydrogen-bond donors (Lipinski definition) is 8. The molecule has 0 saturated carbocycles. The zero-order chi connectivity index (χ0) is 41.2. The van der Waals surface area contributed by atoms with Crippen molar-refractivity contribution in [2.45, 2.75) is 83.2 Å². The molecule has 0 aromatic heterocycles. The number of carbonyl (C=O) groups is 6. The molecule has 6 amide bonds. The third-order valence-corrected chi connectivity index (χ3v) is 10.1. The van der Waals surface area contributed by atoms with Gasteiger partial charge in [-0.25, -0.2) is 0 Å². The minimum atomic E-state index is -0.916.